The number of hydrogen-bond acceptors (Lipinski definition) is 4. The van der Waals surface area contributed by atoms with Crippen LogP contribution in [0.25, 0.3) is 0 Å². The molecule has 0 bridgehead atoms. The first kappa shape index (κ1) is 10.5. The van der Waals surface area contributed by atoms with Gasteiger partial charge in [0.2, 0.25) is 0 Å². The highest BCUT2D eigenvalue weighted by Gasteiger charge is 2.30. The fourth-order valence-corrected chi connectivity index (χ4v) is 1.10. The number of nitrogens with one attached hydrogen (secondary N) is 1. The fraction of sp³-hybridized carbons (Fsp3) is 0.889. The van der Waals surface area contributed by atoms with E-state index in [1.807, 2.05) is 13.8 Å². The number of hydrogen-bond donors (Lipinski definition) is 1. The van der Waals surface area contributed by atoms with Gasteiger partial charge < -0.3 is 14.8 Å². The van der Waals surface area contributed by atoms with E-state index in [-0.39, 0.29) is 5.97 Å². The number of rotatable bonds is 4. The molecule has 0 saturated carbocycles. The molecule has 0 spiro atoms. The van der Waals surface area contributed by atoms with Crippen LogP contribution in [0.1, 0.15) is 13.8 Å². The molecule has 1 fully saturated rings. The normalized spacial score (nSPS) is 18.1. The molecule has 1 heterocycles. The van der Waals surface area contributed by atoms with Crippen molar-refractivity contribution in [3.05, 3.63) is 0 Å². The molecule has 0 atom stereocenters. The van der Waals surface area contributed by atoms with Crippen molar-refractivity contribution in [1.82, 2.24) is 5.32 Å². The third-order valence-corrected chi connectivity index (χ3v) is 2.21. The van der Waals surface area contributed by atoms with E-state index >= 15 is 0 Å². The van der Waals surface area contributed by atoms with Gasteiger partial charge in [-0.3, -0.25) is 4.79 Å². The van der Waals surface area contributed by atoms with Crippen LogP contribution >= 0.6 is 0 Å². The molecule has 4 heteroatoms. The smallest absolute Gasteiger partial charge is 0.312 e. The van der Waals surface area contributed by atoms with Crippen LogP contribution in [0, 0.1) is 5.41 Å². The number of esters is 1. The van der Waals surface area contributed by atoms with Gasteiger partial charge in [0.1, 0.15) is 0 Å². The first-order valence-corrected chi connectivity index (χ1v) is 4.46. The van der Waals surface area contributed by atoms with Crippen LogP contribution in [0.4, 0.5) is 0 Å². The van der Waals surface area contributed by atoms with Gasteiger partial charge in [-0.1, -0.05) is 0 Å². The summed E-state index contributed by atoms with van der Waals surface area (Å²) in [7, 11) is 1.41. The van der Waals surface area contributed by atoms with Gasteiger partial charge in [-0.15, -0.1) is 0 Å². The third kappa shape index (κ3) is 2.67. The van der Waals surface area contributed by atoms with E-state index < -0.39 is 5.41 Å². The zero-order chi connectivity index (χ0) is 9.90. The van der Waals surface area contributed by atoms with Gasteiger partial charge in [-0.05, 0) is 13.8 Å². The maximum absolute atomic E-state index is 11.3. The summed E-state index contributed by atoms with van der Waals surface area (Å²) < 4.78 is 9.70. The van der Waals surface area contributed by atoms with E-state index in [1.54, 1.807) is 0 Å². The number of ether oxygens (including phenoxy) is 2. The van der Waals surface area contributed by atoms with Crippen LogP contribution < -0.4 is 5.32 Å². The van der Waals surface area contributed by atoms with Crippen LogP contribution in [0.5, 0.6) is 0 Å². The molecule has 1 rings (SSSR count). The van der Waals surface area contributed by atoms with E-state index in [4.69, 9.17) is 4.74 Å². The largest absolute Gasteiger partial charge is 0.469 e. The Morgan fingerprint density at radius 2 is 2.23 bits per heavy atom. The van der Waals surface area contributed by atoms with Gasteiger partial charge in [0, 0.05) is 6.54 Å². The minimum absolute atomic E-state index is 0.180. The zero-order valence-corrected chi connectivity index (χ0v) is 8.42. The molecule has 0 aromatic rings. The maximum Gasteiger partial charge on any atom is 0.312 e. The summed E-state index contributed by atoms with van der Waals surface area (Å²) >= 11 is 0. The molecule has 0 aromatic carbocycles. The second-order valence-corrected chi connectivity index (χ2v) is 3.99. The zero-order valence-electron chi connectivity index (χ0n) is 8.42. The first-order chi connectivity index (χ1) is 6.06. The molecule has 1 N–H and O–H groups in total. The lowest BCUT2D eigenvalue weighted by Gasteiger charge is -2.30. The van der Waals surface area contributed by atoms with E-state index in [2.05, 4.69) is 10.1 Å². The van der Waals surface area contributed by atoms with Gasteiger partial charge in [0.05, 0.1) is 31.8 Å². The van der Waals surface area contributed by atoms with E-state index in [0.717, 1.165) is 13.2 Å². The van der Waals surface area contributed by atoms with Gasteiger partial charge in [-0.25, -0.2) is 0 Å². The molecule has 0 radical (unpaired) electrons. The molecule has 13 heavy (non-hydrogen) atoms. The molecule has 1 aliphatic heterocycles. The van der Waals surface area contributed by atoms with Crippen LogP contribution in [-0.4, -0.2) is 38.9 Å². The van der Waals surface area contributed by atoms with Crippen LogP contribution in [0.3, 0.4) is 0 Å². The molecular weight excluding hydrogens is 170 g/mol. The average Bonchev–Trinajstić information content (AvgIpc) is 1.99. The molecular formula is C9H17NO3. The van der Waals surface area contributed by atoms with Crippen molar-refractivity contribution in [3.63, 3.8) is 0 Å². The number of methoxy groups -OCH3 is 1. The summed E-state index contributed by atoms with van der Waals surface area (Å²) in [4.78, 5) is 11.3. The standard InChI is InChI=1S/C9H17NO3/c1-9(2,8(11)12-3)6-10-7-4-13-5-7/h7,10H,4-6H2,1-3H3. The molecule has 1 aliphatic rings. The Kier molecular flexibility index (Phi) is 3.27. The number of carbonyl (C=O) groups excluding carboxylic acids is 1. The molecule has 0 aliphatic carbocycles. The van der Waals surface area contributed by atoms with Crippen LogP contribution in [0.15, 0.2) is 0 Å². The highest BCUT2D eigenvalue weighted by Crippen LogP contribution is 2.16. The summed E-state index contributed by atoms with van der Waals surface area (Å²) in [6.45, 7) is 5.86. The van der Waals surface area contributed by atoms with Gasteiger partial charge in [0.25, 0.3) is 0 Å². The quantitative estimate of drug-likeness (QED) is 0.637. The minimum atomic E-state index is -0.454. The highest BCUT2D eigenvalue weighted by atomic mass is 16.5. The summed E-state index contributed by atoms with van der Waals surface area (Å²) in [5.74, 6) is -0.180. The summed E-state index contributed by atoms with van der Waals surface area (Å²) in [6.07, 6.45) is 0. The third-order valence-electron chi connectivity index (χ3n) is 2.21. The SMILES string of the molecule is COC(=O)C(C)(C)CNC1COC1. The predicted molar refractivity (Wildman–Crippen MR) is 48.4 cm³/mol. The lowest BCUT2D eigenvalue weighted by Crippen LogP contribution is -2.50. The average molecular weight is 187 g/mol. The Bertz CT molecular complexity index is 187. The molecule has 0 aromatic heterocycles. The monoisotopic (exact) mass is 187 g/mol. The predicted octanol–water partition coefficient (Wildman–Crippen LogP) is 0.174. The summed E-state index contributed by atoms with van der Waals surface area (Å²) in [6, 6.07) is 0.406. The van der Waals surface area contributed by atoms with E-state index in [9.17, 15) is 4.79 Å². The highest BCUT2D eigenvalue weighted by molar-refractivity contribution is 5.76. The molecule has 0 unspecified atom stereocenters. The Labute approximate surface area is 78.6 Å². The Morgan fingerprint density at radius 1 is 1.62 bits per heavy atom. The molecule has 0 amide bonds. The Balaban J connectivity index is 2.27. The summed E-state index contributed by atoms with van der Waals surface area (Å²) in [5.41, 5.74) is -0.454. The van der Waals surface area contributed by atoms with Crippen molar-refractivity contribution >= 4 is 5.97 Å². The van der Waals surface area contributed by atoms with E-state index in [0.29, 0.717) is 12.6 Å². The second-order valence-electron chi connectivity index (χ2n) is 3.99. The van der Waals surface area contributed by atoms with Crippen molar-refractivity contribution in [1.29, 1.82) is 0 Å². The molecule has 76 valence electrons. The van der Waals surface area contributed by atoms with Crippen molar-refractivity contribution in [3.8, 4) is 0 Å². The number of carbonyl (C=O) groups is 1. The molecule has 4 nitrogen and oxygen atoms in total. The fourth-order valence-electron chi connectivity index (χ4n) is 1.10. The van der Waals surface area contributed by atoms with Gasteiger partial charge in [-0.2, -0.15) is 0 Å². The van der Waals surface area contributed by atoms with E-state index in [1.165, 1.54) is 7.11 Å². The lowest BCUT2D eigenvalue weighted by atomic mass is 9.93. The maximum atomic E-state index is 11.3. The van der Waals surface area contributed by atoms with Crippen molar-refractivity contribution in [2.45, 2.75) is 19.9 Å². The topological polar surface area (TPSA) is 47.6 Å². The Hall–Kier alpha value is -0.610. The van der Waals surface area contributed by atoms with Crippen molar-refractivity contribution in [2.75, 3.05) is 26.9 Å². The van der Waals surface area contributed by atoms with Crippen molar-refractivity contribution < 1.29 is 14.3 Å². The van der Waals surface area contributed by atoms with Gasteiger partial charge >= 0.3 is 5.97 Å². The van der Waals surface area contributed by atoms with Crippen LogP contribution in [-0.2, 0) is 14.3 Å². The minimum Gasteiger partial charge on any atom is -0.469 e. The second kappa shape index (κ2) is 4.07. The van der Waals surface area contributed by atoms with Crippen LogP contribution in [0.2, 0.25) is 0 Å². The van der Waals surface area contributed by atoms with Crippen molar-refractivity contribution in [2.24, 2.45) is 5.41 Å². The Morgan fingerprint density at radius 3 is 2.62 bits per heavy atom. The van der Waals surface area contributed by atoms with Gasteiger partial charge in [0.15, 0.2) is 0 Å². The molecule has 1 saturated heterocycles. The summed E-state index contributed by atoms with van der Waals surface area (Å²) in [5, 5.41) is 3.25. The first-order valence-electron chi connectivity index (χ1n) is 4.46. The lowest BCUT2D eigenvalue weighted by molar-refractivity contribution is -0.150.